The van der Waals surface area contributed by atoms with Crippen molar-refractivity contribution < 1.29 is 26.4 Å². The van der Waals surface area contributed by atoms with Crippen LogP contribution >= 0.6 is 0 Å². The fraction of sp³-hybridized carbons (Fsp3) is 0.250. The lowest BCUT2D eigenvalue weighted by Gasteiger charge is -2.32. The summed E-state index contributed by atoms with van der Waals surface area (Å²) in [5.41, 5.74) is 7.95. The molecule has 1 amide bonds. The molecule has 1 fully saturated rings. The van der Waals surface area contributed by atoms with Gasteiger partial charge in [0.05, 0.1) is 33.9 Å². The first-order valence-corrected chi connectivity index (χ1v) is 15.7. The number of nitrogen functional groups attached to an aromatic ring is 1. The number of likely N-dealkylation sites (N-methyl/N-ethyl adjacent to an activating group) is 1. The molecule has 5 rings (SSSR count). The summed E-state index contributed by atoms with van der Waals surface area (Å²) in [4.78, 5) is 28.8. The van der Waals surface area contributed by atoms with E-state index in [4.69, 9.17) is 5.73 Å². The highest BCUT2D eigenvalue weighted by Gasteiger charge is 2.24. The van der Waals surface area contributed by atoms with Crippen molar-refractivity contribution in [3.8, 4) is 23.1 Å². The van der Waals surface area contributed by atoms with Crippen molar-refractivity contribution in [1.29, 1.82) is 0 Å². The number of piperazine rings is 1. The van der Waals surface area contributed by atoms with E-state index in [1.807, 2.05) is 14.0 Å². The van der Waals surface area contributed by atoms with Crippen LogP contribution in [0.25, 0.3) is 11.3 Å². The van der Waals surface area contributed by atoms with Crippen molar-refractivity contribution in [2.75, 3.05) is 43.7 Å². The van der Waals surface area contributed by atoms with Gasteiger partial charge in [-0.1, -0.05) is 24.8 Å². The van der Waals surface area contributed by atoms with Gasteiger partial charge in [-0.25, -0.2) is 31.6 Å². The van der Waals surface area contributed by atoms with Gasteiger partial charge in [-0.3, -0.25) is 14.5 Å². The molecule has 4 aromatic rings. The highest BCUT2D eigenvalue weighted by atomic mass is 32.2. The topological polar surface area (TPSA) is 134 Å². The van der Waals surface area contributed by atoms with Gasteiger partial charge in [-0.05, 0) is 50.7 Å². The second-order valence-corrected chi connectivity index (χ2v) is 12.3. The number of aryl methyl sites for hydroxylation is 2. The van der Waals surface area contributed by atoms with Crippen LogP contribution in [0.2, 0.25) is 0 Å². The van der Waals surface area contributed by atoms with E-state index in [0.717, 1.165) is 12.1 Å². The molecule has 1 saturated heterocycles. The van der Waals surface area contributed by atoms with Crippen LogP contribution in [0.4, 0.5) is 24.8 Å². The van der Waals surface area contributed by atoms with Gasteiger partial charge in [-0.2, -0.15) is 0 Å². The lowest BCUT2D eigenvalue weighted by atomic mass is 10.0. The van der Waals surface area contributed by atoms with Gasteiger partial charge in [0.2, 0.25) is 5.95 Å². The van der Waals surface area contributed by atoms with E-state index in [0.29, 0.717) is 55.5 Å². The first kappa shape index (κ1) is 32.4. The smallest absolute Gasteiger partial charge is 0.264 e. The van der Waals surface area contributed by atoms with Crippen molar-refractivity contribution in [1.82, 2.24) is 24.8 Å². The lowest BCUT2D eigenvalue weighted by Crippen LogP contribution is -2.47. The molecular weight excluding hydrogens is 619 g/mol. The number of nitrogens with zero attached hydrogens (tertiary/aromatic N) is 5. The third kappa shape index (κ3) is 6.95. The zero-order valence-electron chi connectivity index (χ0n) is 25.2. The number of aromatic nitrogens is 3. The largest absolute Gasteiger partial charge is 0.368 e. The van der Waals surface area contributed by atoms with E-state index in [2.05, 4.69) is 36.4 Å². The van der Waals surface area contributed by atoms with Gasteiger partial charge >= 0.3 is 0 Å². The predicted octanol–water partition coefficient (Wildman–Crippen LogP) is 4.00. The van der Waals surface area contributed by atoms with Crippen LogP contribution in [0.15, 0.2) is 53.6 Å². The Balaban J connectivity index is 1.48. The molecule has 10 nitrogen and oxygen atoms in total. The summed E-state index contributed by atoms with van der Waals surface area (Å²) in [6.07, 6.45) is 1.83. The number of amides is 1. The van der Waals surface area contributed by atoms with Crippen LogP contribution in [0.1, 0.15) is 39.8 Å². The van der Waals surface area contributed by atoms with Crippen molar-refractivity contribution in [2.45, 2.75) is 25.2 Å². The molecule has 2 aromatic carbocycles. The van der Waals surface area contributed by atoms with E-state index in [1.165, 1.54) is 24.4 Å². The Kier molecular flexibility index (Phi) is 9.27. The highest BCUT2D eigenvalue weighted by molar-refractivity contribution is 7.92. The summed E-state index contributed by atoms with van der Waals surface area (Å²) in [5, 5.41) is 0. The monoisotopic (exact) mass is 649 g/mol. The van der Waals surface area contributed by atoms with Gasteiger partial charge in [0.15, 0.2) is 0 Å². The van der Waals surface area contributed by atoms with Gasteiger partial charge in [-0.15, -0.1) is 0 Å². The third-order valence-corrected chi connectivity index (χ3v) is 8.84. The number of nitrogens with one attached hydrogen (secondary N) is 1. The Morgan fingerprint density at radius 3 is 2.41 bits per heavy atom. The van der Waals surface area contributed by atoms with Crippen LogP contribution in [-0.4, -0.2) is 72.3 Å². The number of carbonyl (C=O) groups excluding carboxylic acids is 1. The molecule has 0 aliphatic carbocycles. The van der Waals surface area contributed by atoms with E-state index < -0.39 is 38.3 Å². The zero-order chi connectivity index (χ0) is 33.2. The number of benzene rings is 2. The fourth-order valence-electron chi connectivity index (χ4n) is 4.87. The molecule has 0 saturated carbocycles. The number of halogens is 3. The first-order valence-electron chi connectivity index (χ1n) is 14.3. The maximum atomic E-state index is 15.4. The van der Waals surface area contributed by atoms with E-state index >= 15 is 4.39 Å². The molecule has 0 atom stereocenters. The molecule has 3 N–H and O–H groups in total. The van der Waals surface area contributed by atoms with E-state index in [-0.39, 0.29) is 34.2 Å². The Labute approximate surface area is 264 Å². The van der Waals surface area contributed by atoms with Crippen LogP contribution in [0, 0.1) is 36.2 Å². The summed E-state index contributed by atoms with van der Waals surface area (Å²) in [7, 11) is -2.47. The molecule has 0 unspecified atom stereocenters. The third-order valence-electron chi connectivity index (χ3n) is 7.45. The highest BCUT2D eigenvalue weighted by Crippen LogP contribution is 2.28. The summed E-state index contributed by atoms with van der Waals surface area (Å²) in [6, 6.07) is 7.76. The Morgan fingerprint density at radius 1 is 1.00 bits per heavy atom. The van der Waals surface area contributed by atoms with E-state index in [9.17, 15) is 22.0 Å². The molecule has 3 heterocycles. The van der Waals surface area contributed by atoms with Crippen molar-refractivity contribution >= 4 is 27.6 Å². The minimum absolute atomic E-state index is 0.0303. The van der Waals surface area contributed by atoms with Crippen LogP contribution in [0.5, 0.6) is 0 Å². The number of sulfonamides is 1. The quantitative estimate of drug-likeness (QED) is 0.300. The molecule has 1 aliphatic rings. The zero-order valence-corrected chi connectivity index (χ0v) is 26.1. The molecule has 0 radical (unpaired) electrons. The SMILES string of the molecule is CCc1nc(N)nc(-c2ccc(C(=O)N3CCN(C)CC3)c(F)c2)c1C#Cc1cnc(C)c(NS(=O)(=O)c2ccc(F)cc2F)c1. The second kappa shape index (κ2) is 13.2. The van der Waals surface area contributed by atoms with Crippen molar-refractivity contribution in [3.05, 3.63) is 94.2 Å². The number of nitrogens with two attached hydrogens (primary N) is 1. The molecule has 46 heavy (non-hydrogen) atoms. The lowest BCUT2D eigenvalue weighted by molar-refractivity contribution is 0.0659. The molecule has 0 bridgehead atoms. The number of anilines is 2. The molecule has 238 valence electrons. The van der Waals surface area contributed by atoms with Crippen LogP contribution in [0.3, 0.4) is 0 Å². The van der Waals surface area contributed by atoms with Crippen LogP contribution in [-0.2, 0) is 16.4 Å². The number of carbonyl (C=O) groups is 1. The average Bonchev–Trinajstić information content (AvgIpc) is 3.01. The summed E-state index contributed by atoms with van der Waals surface area (Å²) in [6.45, 7) is 5.78. The Morgan fingerprint density at radius 2 is 1.74 bits per heavy atom. The van der Waals surface area contributed by atoms with E-state index in [1.54, 1.807) is 17.9 Å². The van der Waals surface area contributed by atoms with Gasteiger partial charge in [0.1, 0.15) is 22.3 Å². The summed E-state index contributed by atoms with van der Waals surface area (Å²) < 4.78 is 71.0. The standard InChI is InChI=1S/C32H30F3N7O3S/c1-4-27-24(8-5-20-15-28(19(2)37-18-20)40-46(44,45)29-10-7-22(33)17-26(29)35)30(39-32(36)38-27)21-6-9-23(25(34)16-21)31(43)42-13-11-41(3)12-14-42/h6-7,9-10,15-18,40H,4,11-14H2,1-3H3,(H2,36,38,39). The predicted molar refractivity (Wildman–Crippen MR) is 167 cm³/mol. The average molecular weight is 650 g/mol. The Hall–Kier alpha value is -5.00. The minimum Gasteiger partial charge on any atom is -0.368 e. The molecule has 2 aromatic heterocycles. The molecule has 0 spiro atoms. The second-order valence-electron chi connectivity index (χ2n) is 10.7. The van der Waals surface area contributed by atoms with Crippen molar-refractivity contribution in [2.24, 2.45) is 0 Å². The van der Waals surface area contributed by atoms with Gasteiger partial charge < -0.3 is 15.5 Å². The number of hydrogen-bond acceptors (Lipinski definition) is 8. The fourth-order valence-corrected chi connectivity index (χ4v) is 6.04. The first-order chi connectivity index (χ1) is 21.9. The number of rotatable bonds is 6. The van der Waals surface area contributed by atoms with Gasteiger partial charge in [0.25, 0.3) is 15.9 Å². The van der Waals surface area contributed by atoms with Crippen LogP contribution < -0.4 is 10.5 Å². The number of pyridine rings is 1. The maximum absolute atomic E-state index is 15.4. The molecular formula is C32H30F3N7O3S. The number of hydrogen-bond donors (Lipinski definition) is 2. The summed E-state index contributed by atoms with van der Waals surface area (Å²) in [5.74, 6) is 2.60. The molecule has 14 heteroatoms. The van der Waals surface area contributed by atoms with Gasteiger partial charge in [0, 0.05) is 49.6 Å². The molecule has 1 aliphatic heterocycles. The minimum atomic E-state index is -4.43. The summed E-state index contributed by atoms with van der Waals surface area (Å²) >= 11 is 0. The Bertz CT molecular complexity index is 2000. The van der Waals surface area contributed by atoms with Crippen molar-refractivity contribution in [3.63, 3.8) is 0 Å². The normalized spacial score (nSPS) is 13.7. The maximum Gasteiger partial charge on any atom is 0.264 e.